The number of carbonyl (C=O) groups is 2. The van der Waals surface area contributed by atoms with Gasteiger partial charge in [0.25, 0.3) is 5.91 Å². The van der Waals surface area contributed by atoms with Crippen LogP contribution >= 0.6 is 27.3 Å². The van der Waals surface area contributed by atoms with E-state index in [4.69, 9.17) is 9.47 Å². The fourth-order valence-electron chi connectivity index (χ4n) is 2.65. The molecule has 2 aromatic rings. The molecule has 6 nitrogen and oxygen atoms in total. The Labute approximate surface area is 164 Å². The first kappa shape index (κ1) is 18.7. The maximum Gasteiger partial charge on any atom is 0.254 e. The van der Waals surface area contributed by atoms with Crippen molar-refractivity contribution in [2.75, 3.05) is 26.7 Å². The van der Waals surface area contributed by atoms with Crippen LogP contribution < -0.4 is 14.8 Å². The summed E-state index contributed by atoms with van der Waals surface area (Å²) in [6, 6.07) is 9.12. The Morgan fingerprint density at radius 3 is 2.85 bits per heavy atom. The van der Waals surface area contributed by atoms with E-state index < -0.39 is 0 Å². The van der Waals surface area contributed by atoms with E-state index in [1.807, 2.05) is 12.1 Å². The normalized spacial score (nSPS) is 14.5. The number of thiophene rings is 1. The lowest BCUT2D eigenvalue weighted by Crippen LogP contribution is -2.34. The fraction of sp³-hybridized carbons (Fsp3) is 0.333. The molecule has 3 rings (SSSR count). The van der Waals surface area contributed by atoms with Crippen LogP contribution in [0.2, 0.25) is 0 Å². The third kappa shape index (κ3) is 4.56. The highest BCUT2D eigenvalue weighted by molar-refractivity contribution is 9.11. The lowest BCUT2D eigenvalue weighted by Gasteiger charge is -2.20. The summed E-state index contributed by atoms with van der Waals surface area (Å²) in [5, 5.41) is 2.77. The van der Waals surface area contributed by atoms with Gasteiger partial charge in [-0.15, -0.1) is 11.3 Å². The molecule has 2 amide bonds. The van der Waals surface area contributed by atoms with Gasteiger partial charge in [-0.1, -0.05) is 0 Å². The first-order valence-corrected chi connectivity index (χ1v) is 9.79. The second-order valence-electron chi connectivity index (χ2n) is 5.75. The van der Waals surface area contributed by atoms with Crippen LogP contribution in [0.15, 0.2) is 34.1 Å². The number of hydrogen-bond donors (Lipinski definition) is 1. The minimum atomic E-state index is -0.117. The molecular formula is C18H19BrN2O4S. The Bertz CT molecular complexity index is 808. The Hall–Kier alpha value is -2.06. The molecule has 0 atom stereocenters. The van der Waals surface area contributed by atoms with Crippen LogP contribution in [0.3, 0.4) is 0 Å². The number of carbonyl (C=O) groups excluding carboxylic acids is 2. The average Bonchev–Trinajstić information content (AvgIpc) is 2.94. The van der Waals surface area contributed by atoms with Crippen molar-refractivity contribution in [3.8, 4) is 11.5 Å². The zero-order chi connectivity index (χ0) is 18.5. The molecular weight excluding hydrogens is 420 g/mol. The Balaban J connectivity index is 1.71. The number of amides is 2. The molecule has 8 heteroatoms. The highest BCUT2D eigenvalue weighted by Gasteiger charge is 2.21. The van der Waals surface area contributed by atoms with Crippen LogP contribution in [0.5, 0.6) is 11.5 Å². The predicted octanol–water partition coefficient (Wildman–Crippen LogP) is 3.06. The maximum atomic E-state index is 12.7. The molecule has 1 aromatic heterocycles. The summed E-state index contributed by atoms with van der Waals surface area (Å²) < 4.78 is 12.3. The van der Waals surface area contributed by atoms with E-state index in [0.717, 1.165) is 8.66 Å². The third-order valence-corrected chi connectivity index (χ3v) is 5.61. The molecule has 0 saturated carbocycles. The molecule has 1 N–H and O–H groups in total. The maximum absolute atomic E-state index is 12.7. The van der Waals surface area contributed by atoms with Gasteiger partial charge in [0.2, 0.25) is 5.91 Å². The zero-order valence-electron chi connectivity index (χ0n) is 14.3. The van der Waals surface area contributed by atoms with Crippen LogP contribution in [0.4, 0.5) is 0 Å². The van der Waals surface area contributed by atoms with E-state index in [1.54, 1.807) is 41.5 Å². The van der Waals surface area contributed by atoms with Gasteiger partial charge in [0.1, 0.15) is 6.61 Å². The molecule has 26 heavy (non-hydrogen) atoms. The summed E-state index contributed by atoms with van der Waals surface area (Å²) in [6.45, 7) is 1.82. The molecule has 1 fully saturated rings. The first-order valence-electron chi connectivity index (χ1n) is 8.18. The number of benzene rings is 1. The summed E-state index contributed by atoms with van der Waals surface area (Å²) in [5.74, 6) is 0.951. The van der Waals surface area contributed by atoms with Crippen molar-refractivity contribution in [3.63, 3.8) is 0 Å². The number of hydrogen-bond acceptors (Lipinski definition) is 5. The van der Waals surface area contributed by atoms with Gasteiger partial charge in [0.05, 0.1) is 10.9 Å². The van der Waals surface area contributed by atoms with Gasteiger partial charge >= 0.3 is 0 Å². The quantitative estimate of drug-likeness (QED) is 0.778. The second kappa shape index (κ2) is 8.55. The van der Waals surface area contributed by atoms with Crippen LogP contribution in [-0.4, -0.2) is 43.5 Å². The lowest BCUT2D eigenvalue weighted by atomic mass is 10.1. The van der Waals surface area contributed by atoms with Crippen LogP contribution in [-0.2, 0) is 11.4 Å². The molecule has 1 saturated heterocycles. The van der Waals surface area contributed by atoms with Gasteiger partial charge in [-0.05, 0) is 46.3 Å². The van der Waals surface area contributed by atoms with Crippen LogP contribution in [0.25, 0.3) is 0 Å². The van der Waals surface area contributed by atoms with Crippen LogP contribution in [0.1, 0.15) is 21.7 Å². The fourth-order valence-corrected chi connectivity index (χ4v) is 4.05. The smallest absolute Gasteiger partial charge is 0.254 e. The minimum Gasteiger partial charge on any atom is -0.493 e. The topological polar surface area (TPSA) is 67.9 Å². The molecule has 1 aliphatic heterocycles. The highest BCUT2D eigenvalue weighted by atomic mass is 79.9. The van der Waals surface area contributed by atoms with Crippen molar-refractivity contribution < 1.29 is 19.1 Å². The van der Waals surface area contributed by atoms with Crippen molar-refractivity contribution in [1.29, 1.82) is 0 Å². The van der Waals surface area contributed by atoms with Gasteiger partial charge < -0.3 is 19.7 Å². The third-order valence-electron chi connectivity index (χ3n) is 4.01. The molecule has 1 aliphatic rings. The molecule has 0 bridgehead atoms. The Morgan fingerprint density at radius 2 is 2.12 bits per heavy atom. The molecule has 1 aromatic carbocycles. The summed E-state index contributed by atoms with van der Waals surface area (Å²) in [4.78, 5) is 26.9. The van der Waals surface area contributed by atoms with E-state index in [2.05, 4.69) is 21.2 Å². The van der Waals surface area contributed by atoms with Crippen molar-refractivity contribution in [1.82, 2.24) is 10.2 Å². The van der Waals surface area contributed by atoms with Gasteiger partial charge in [0, 0.05) is 36.5 Å². The highest BCUT2D eigenvalue weighted by Crippen LogP contribution is 2.30. The molecule has 0 spiro atoms. The molecule has 2 heterocycles. The average molecular weight is 439 g/mol. The van der Waals surface area contributed by atoms with Crippen molar-refractivity contribution >= 4 is 39.1 Å². The molecule has 138 valence electrons. The Morgan fingerprint density at radius 1 is 1.27 bits per heavy atom. The summed E-state index contributed by atoms with van der Waals surface area (Å²) >= 11 is 5.04. The van der Waals surface area contributed by atoms with Gasteiger partial charge in [-0.3, -0.25) is 9.59 Å². The number of ether oxygens (including phenoxy) is 2. The van der Waals surface area contributed by atoms with E-state index in [9.17, 15) is 9.59 Å². The molecule has 0 aliphatic carbocycles. The SMILES string of the molecule is COc1cc(C(=O)N2CCNC(=O)CC2)ccc1OCc1ccc(Br)s1. The Kier molecular flexibility index (Phi) is 6.16. The monoisotopic (exact) mass is 438 g/mol. The minimum absolute atomic E-state index is 0.0261. The second-order valence-corrected chi connectivity index (χ2v) is 8.30. The zero-order valence-corrected chi connectivity index (χ0v) is 16.7. The largest absolute Gasteiger partial charge is 0.493 e. The summed E-state index contributed by atoms with van der Waals surface area (Å²) in [7, 11) is 1.55. The van der Waals surface area contributed by atoms with Gasteiger partial charge in [-0.25, -0.2) is 0 Å². The van der Waals surface area contributed by atoms with E-state index >= 15 is 0 Å². The first-order chi connectivity index (χ1) is 12.6. The number of halogens is 1. The number of nitrogens with zero attached hydrogens (tertiary/aromatic N) is 1. The standard InChI is InChI=1S/C18H19BrN2O4S/c1-24-15-10-12(18(23)21-8-6-17(22)20-7-9-21)2-4-14(15)25-11-13-3-5-16(19)26-13/h2-5,10H,6-9,11H2,1H3,(H,20,22). The van der Waals surface area contributed by atoms with Gasteiger partial charge in [-0.2, -0.15) is 0 Å². The van der Waals surface area contributed by atoms with Crippen LogP contribution in [0, 0.1) is 0 Å². The van der Waals surface area contributed by atoms with Crippen molar-refractivity contribution in [2.45, 2.75) is 13.0 Å². The number of methoxy groups -OCH3 is 1. The lowest BCUT2D eigenvalue weighted by molar-refractivity contribution is -0.120. The van der Waals surface area contributed by atoms with Crippen molar-refractivity contribution in [3.05, 3.63) is 44.6 Å². The summed E-state index contributed by atoms with van der Waals surface area (Å²) in [5.41, 5.74) is 0.516. The van der Waals surface area contributed by atoms with Crippen molar-refractivity contribution in [2.24, 2.45) is 0 Å². The number of rotatable bonds is 5. The van der Waals surface area contributed by atoms with E-state index in [1.165, 1.54) is 0 Å². The molecule has 0 radical (unpaired) electrons. The predicted molar refractivity (Wildman–Crippen MR) is 103 cm³/mol. The van der Waals surface area contributed by atoms with Gasteiger partial charge in [0.15, 0.2) is 11.5 Å². The number of nitrogens with one attached hydrogen (secondary N) is 1. The summed E-state index contributed by atoms with van der Waals surface area (Å²) in [6.07, 6.45) is 0.320. The van der Waals surface area contributed by atoms with E-state index in [0.29, 0.717) is 49.7 Å². The van der Waals surface area contributed by atoms with E-state index in [-0.39, 0.29) is 11.8 Å². The molecule has 0 unspecified atom stereocenters.